The Bertz CT molecular complexity index is 1230. The number of benzene rings is 2. The quantitative estimate of drug-likeness (QED) is 0.564. The monoisotopic (exact) mass is 503 g/mol. The molecule has 0 saturated carbocycles. The molecule has 35 heavy (non-hydrogen) atoms. The third kappa shape index (κ3) is 6.08. The lowest BCUT2D eigenvalue weighted by molar-refractivity contribution is -0.160. The molecule has 11 nitrogen and oxygen atoms in total. The van der Waals surface area contributed by atoms with Crippen molar-refractivity contribution in [2.24, 2.45) is 0 Å². The number of rotatable bonds is 8. The Morgan fingerprint density at radius 3 is 2.34 bits per heavy atom. The van der Waals surface area contributed by atoms with Crippen molar-refractivity contribution in [3.63, 3.8) is 0 Å². The van der Waals surface area contributed by atoms with Crippen LogP contribution in [0.2, 0.25) is 0 Å². The number of carbonyl (C=O) groups is 3. The maximum absolute atomic E-state index is 12.8. The van der Waals surface area contributed by atoms with E-state index in [0.717, 1.165) is 6.26 Å². The van der Waals surface area contributed by atoms with Crippen molar-refractivity contribution in [3.8, 4) is 11.5 Å². The lowest BCUT2D eigenvalue weighted by Crippen LogP contribution is -2.47. The van der Waals surface area contributed by atoms with Crippen molar-refractivity contribution >= 4 is 33.2 Å². The Morgan fingerprint density at radius 1 is 0.943 bits per heavy atom. The maximum Gasteiger partial charge on any atom is 0.267 e. The molecule has 4 rings (SSSR count). The molecule has 2 aliphatic heterocycles. The molecular weight excluding hydrogens is 478 g/mol. The number of nitrogens with zero attached hydrogens (tertiary/aromatic N) is 2. The Labute approximate surface area is 202 Å². The van der Waals surface area contributed by atoms with Crippen LogP contribution in [0, 0.1) is 0 Å². The van der Waals surface area contributed by atoms with Crippen molar-refractivity contribution < 1.29 is 37.0 Å². The van der Waals surface area contributed by atoms with E-state index in [0.29, 0.717) is 42.3 Å². The minimum atomic E-state index is -3.32. The summed E-state index contributed by atoms with van der Waals surface area (Å²) in [6, 6.07) is 11.0. The fourth-order valence-electron chi connectivity index (χ4n) is 3.73. The molecular formula is C23H25N3O8S. The van der Waals surface area contributed by atoms with Crippen LogP contribution in [0.4, 0.5) is 5.69 Å². The van der Waals surface area contributed by atoms with Gasteiger partial charge in [0.2, 0.25) is 18.6 Å². The number of hydrogen-bond acceptors (Lipinski definition) is 8. The average molecular weight is 504 g/mol. The van der Waals surface area contributed by atoms with Gasteiger partial charge in [0.05, 0.1) is 11.3 Å². The van der Waals surface area contributed by atoms with E-state index < -0.39 is 21.7 Å². The van der Waals surface area contributed by atoms with Gasteiger partial charge in [-0.15, -0.1) is 0 Å². The van der Waals surface area contributed by atoms with Crippen LogP contribution >= 0.6 is 0 Å². The summed E-state index contributed by atoms with van der Waals surface area (Å²) in [6.45, 7) is 0.181. The summed E-state index contributed by atoms with van der Waals surface area (Å²) in [5.41, 5.74) is 1.15. The molecule has 1 saturated heterocycles. The van der Waals surface area contributed by atoms with Crippen LogP contribution in [0.5, 0.6) is 11.5 Å². The molecule has 2 aromatic carbocycles. The van der Waals surface area contributed by atoms with Gasteiger partial charge in [0.25, 0.3) is 5.91 Å². The van der Waals surface area contributed by atoms with Crippen molar-refractivity contribution in [1.82, 2.24) is 10.0 Å². The van der Waals surface area contributed by atoms with Gasteiger partial charge < -0.3 is 19.5 Å². The molecule has 3 amide bonds. The zero-order valence-electron chi connectivity index (χ0n) is 19.1. The number of sulfone groups is 1. The number of hydrazine groups is 1. The van der Waals surface area contributed by atoms with Crippen molar-refractivity contribution in [2.75, 3.05) is 44.7 Å². The zero-order valence-corrected chi connectivity index (χ0v) is 19.9. The summed E-state index contributed by atoms with van der Waals surface area (Å²) in [6.07, 6.45) is 1.76. The minimum Gasteiger partial charge on any atom is -0.454 e. The van der Waals surface area contributed by atoms with Crippen LogP contribution in [-0.4, -0.2) is 75.5 Å². The van der Waals surface area contributed by atoms with Gasteiger partial charge in [-0.1, -0.05) is 12.1 Å². The molecule has 0 unspecified atom stereocenters. The summed E-state index contributed by atoms with van der Waals surface area (Å²) < 4.78 is 38.9. The molecule has 0 radical (unpaired) electrons. The van der Waals surface area contributed by atoms with Crippen molar-refractivity contribution in [3.05, 3.63) is 48.0 Å². The smallest absolute Gasteiger partial charge is 0.267 e. The molecule has 0 bridgehead atoms. The van der Waals surface area contributed by atoms with Gasteiger partial charge in [-0.2, -0.15) is 0 Å². The third-order valence-corrected chi connectivity index (χ3v) is 6.56. The number of carbonyl (C=O) groups excluding carboxylic acids is 3. The van der Waals surface area contributed by atoms with Gasteiger partial charge in [0.15, 0.2) is 21.3 Å². The fourth-order valence-corrected chi connectivity index (χ4v) is 4.36. The molecule has 12 heteroatoms. The predicted molar refractivity (Wildman–Crippen MR) is 123 cm³/mol. The molecule has 0 atom stereocenters. The first-order valence-electron chi connectivity index (χ1n) is 10.9. The molecule has 1 fully saturated rings. The lowest BCUT2D eigenvalue weighted by Gasteiger charge is -2.28. The summed E-state index contributed by atoms with van der Waals surface area (Å²) in [5, 5.41) is 5.34. The Balaban J connectivity index is 1.24. The molecule has 186 valence electrons. The van der Waals surface area contributed by atoms with E-state index in [2.05, 4.69) is 5.32 Å². The van der Waals surface area contributed by atoms with Gasteiger partial charge in [0.1, 0.15) is 13.2 Å². The molecule has 2 aliphatic rings. The van der Waals surface area contributed by atoms with E-state index in [9.17, 15) is 22.8 Å². The van der Waals surface area contributed by atoms with Crippen LogP contribution in [0.25, 0.3) is 0 Å². The number of fused-ring (bicyclic) bond motifs is 1. The van der Waals surface area contributed by atoms with E-state index in [1.165, 1.54) is 22.2 Å². The van der Waals surface area contributed by atoms with E-state index in [1.807, 2.05) is 0 Å². The first-order valence-corrected chi connectivity index (χ1v) is 12.8. The summed E-state index contributed by atoms with van der Waals surface area (Å²) in [5.74, 6) is -0.0317. The van der Waals surface area contributed by atoms with E-state index >= 15 is 0 Å². The van der Waals surface area contributed by atoms with Gasteiger partial charge in [-0.05, 0) is 36.2 Å². The molecule has 0 aliphatic carbocycles. The molecule has 0 spiro atoms. The first kappa shape index (κ1) is 24.5. The second kappa shape index (κ2) is 10.3. The van der Waals surface area contributed by atoms with Gasteiger partial charge in [-0.3, -0.25) is 19.4 Å². The van der Waals surface area contributed by atoms with E-state index in [1.54, 1.807) is 30.3 Å². The van der Waals surface area contributed by atoms with Crippen LogP contribution in [0.15, 0.2) is 47.4 Å². The SMILES string of the molecule is CS(=O)(=O)c1ccc(CC(=O)N2CCCN2C(=O)COCC(=O)Nc2ccc3c(c2)OCO3)cc1. The van der Waals surface area contributed by atoms with E-state index in [4.69, 9.17) is 14.2 Å². The second-order valence-electron chi connectivity index (χ2n) is 8.09. The summed E-state index contributed by atoms with van der Waals surface area (Å²) in [7, 11) is -3.32. The number of ether oxygens (including phenoxy) is 3. The Morgan fingerprint density at radius 2 is 1.63 bits per heavy atom. The van der Waals surface area contributed by atoms with Gasteiger partial charge >= 0.3 is 0 Å². The van der Waals surface area contributed by atoms with Crippen LogP contribution in [0.3, 0.4) is 0 Å². The maximum atomic E-state index is 12.8. The van der Waals surface area contributed by atoms with Crippen molar-refractivity contribution in [2.45, 2.75) is 17.7 Å². The number of anilines is 1. The van der Waals surface area contributed by atoms with E-state index in [-0.39, 0.29) is 37.2 Å². The molecule has 2 heterocycles. The topological polar surface area (TPSA) is 132 Å². The summed E-state index contributed by atoms with van der Waals surface area (Å²) in [4.78, 5) is 37.7. The van der Waals surface area contributed by atoms with Gasteiger partial charge in [0, 0.05) is 31.1 Å². The van der Waals surface area contributed by atoms with Crippen molar-refractivity contribution in [1.29, 1.82) is 0 Å². The molecule has 2 aromatic rings. The summed E-state index contributed by atoms with van der Waals surface area (Å²) >= 11 is 0. The highest BCUT2D eigenvalue weighted by atomic mass is 32.2. The first-order chi connectivity index (χ1) is 16.7. The highest BCUT2D eigenvalue weighted by Crippen LogP contribution is 2.34. The van der Waals surface area contributed by atoms with Crippen LogP contribution < -0.4 is 14.8 Å². The largest absolute Gasteiger partial charge is 0.454 e. The average Bonchev–Trinajstić information content (AvgIpc) is 3.48. The van der Waals surface area contributed by atoms with Gasteiger partial charge in [-0.25, -0.2) is 13.4 Å². The number of amides is 3. The Hall–Kier alpha value is -3.64. The molecule has 1 N–H and O–H groups in total. The Kier molecular flexibility index (Phi) is 7.22. The predicted octanol–water partition coefficient (Wildman–Crippen LogP) is 0.992. The zero-order chi connectivity index (χ0) is 25.0. The third-order valence-electron chi connectivity index (χ3n) is 5.43. The van der Waals surface area contributed by atoms with Crippen LogP contribution in [-0.2, 0) is 35.4 Å². The minimum absolute atomic E-state index is 0.0205. The highest BCUT2D eigenvalue weighted by molar-refractivity contribution is 7.90. The fraction of sp³-hybridized carbons (Fsp3) is 0.348. The molecule has 0 aromatic heterocycles. The second-order valence-corrected chi connectivity index (χ2v) is 10.1. The normalized spacial score (nSPS) is 14.8. The standard InChI is InChI=1S/C23H25N3O8S/c1-35(30,31)18-6-3-16(4-7-18)11-22(28)25-9-2-10-26(25)23(29)14-32-13-21(27)24-17-5-8-19-20(12-17)34-15-33-19/h3-8,12H,2,9-11,13-15H2,1H3,(H,24,27). The van der Waals surface area contributed by atoms with Crippen LogP contribution in [0.1, 0.15) is 12.0 Å². The number of nitrogens with one attached hydrogen (secondary N) is 1. The number of hydrogen-bond donors (Lipinski definition) is 1. The highest BCUT2D eigenvalue weighted by Gasteiger charge is 2.30. The lowest BCUT2D eigenvalue weighted by atomic mass is 10.1.